The van der Waals surface area contributed by atoms with Crippen LogP contribution in [-0.4, -0.2) is 32.1 Å². The Morgan fingerprint density at radius 3 is 2.83 bits per heavy atom. The molecule has 0 saturated carbocycles. The Balaban J connectivity index is 1.96. The molecule has 1 atom stereocenters. The summed E-state index contributed by atoms with van der Waals surface area (Å²) in [5.41, 5.74) is 1.77. The maximum Gasteiger partial charge on any atom is 0.331 e. The van der Waals surface area contributed by atoms with Gasteiger partial charge in [0.2, 0.25) is 0 Å². The van der Waals surface area contributed by atoms with Gasteiger partial charge in [0.1, 0.15) is 0 Å². The van der Waals surface area contributed by atoms with E-state index < -0.39 is 0 Å². The normalized spacial score (nSPS) is 19.0. The third kappa shape index (κ3) is 6.38. The van der Waals surface area contributed by atoms with E-state index >= 15 is 0 Å². The van der Waals surface area contributed by atoms with Crippen LogP contribution in [0.25, 0.3) is 5.57 Å². The van der Waals surface area contributed by atoms with Crippen molar-refractivity contribution < 1.29 is 19.0 Å². The van der Waals surface area contributed by atoms with Crippen molar-refractivity contribution in [3.63, 3.8) is 0 Å². The van der Waals surface area contributed by atoms with Crippen molar-refractivity contribution in [3.8, 4) is 0 Å². The number of carbonyl (C=O) groups is 1. The highest BCUT2D eigenvalue weighted by molar-refractivity contribution is 5.94. The molecule has 1 saturated heterocycles. The molecule has 124 valence electrons. The van der Waals surface area contributed by atoms with Crippen LogP contribution in [0.1, 0.15) is 31.7 Å². The Labute approximate surface area is 137 Å². The average molecular weight is 316 g/mol. The van der Waals surface area contributed by atoms with E-state index in [-0.39, 0.29) is 12.3 Å². The van der Waals surface area contributed by atoms with Gasteiger partial charge in [0, 0.05) is 12.7 Å². The summed E-state index contributed by atoms with van der Waals surface area (Å²) in [6.07, 6.45) is 8.38. The summed E-state index contributed by atoms with van der Waals surface area (Å²) in [5, 5.41) is 0. The van der Waals surface area contributed by atoms with E-state index in [9.17, 15) is 4.79 Å². The third-order valence-electron chi connectivity index (χ3n) is 3.48. The number of allylic oxidation sites excluding steroid dienone is 2. The zero-order valence-electron chi connectivity index (χ0n) is 13.6. The number of hydrogen-bond acceptors (Lipinski definition) is 4. The van der Waals surface area contributed by atoms with Gasteiger partial charge in [0.05, 0.1) is 13.2 Å². The van der Waals surface area contributed by atoms with E-state index in [0.29, 0.717) is 13.2 Å². The molecule has 0 N–H and O–H groups in total. The van der Waals surface area contributed by atoms with Crippen LogP contribution in [-0.2, 0) is 19.0 Å². The van der Waals surface area contributed by atoms with Gasteiger partial charge in [0.15, 0.2) is 6.29 Å². The van der Waals surface area contributed by atoms with Gasteiger partial charge in [-0.05, 0) is 37.3 Å². The van der Waals surface area contributed by atoms with Crippen LogP contribution >= 0.6 is 0 Å². The van der Waals surface area contributed by atoms with E-state index in [1.54, 1.807) is 6.92 Å². The highest BCUT2D eigenvalue weighted by atomic mass is 16.7. The monoisotopic (exact) mass is 316 g/mol. The van der Waals surface area contributed by atoms with Gasteiger partial charge in [-0.3, -0.25) is 0 Å². The maximum atomic E-state index is 11.7. The molecule has 4 nitrogen and oxygen atoms in total. The quantitative estimate of drug-likeness (QED) is 0.437. The van der Waals surface area contributed by atoms with Crippen LogP contribution in [0.4, 0.5) is 0 Å². The number of benzene rings is 1. The van der Waals surface area contributed by atoms with E-state index in [4.69, 9.17) is 14.2 Å². The largest absolute Gasteiger partial charge is 0.463 e. The molecule has 0 spiro atoms. The molecular weight excluding hydrogens is 292 g/mol. The molecule has 1 aliphatic rings. The smallest absolute Gasteiger partial charge is 0.331 e. The summed E-state index contributed by atoms with van der Waals surface area (Å²) in [6, 6.07) is 9.74. The summed E-state index contributed by atoms with van der Waals surface area (Å²) in [5.74, 6) is -0.340. The Bertz CT molecular complexity index is 528. The lowest BCUT2D eigenvalue weighted by atomic mass is 10.1. The Hall–Kier alpha value is -1.91. The van der Waals surface area contributed by atoms with E-state index in [0.717, 1.165) is 37.0 Å². The van der Waals surface area contributed by atoms with E-state index in [1.165, 1.54) is 6.08 Å². The molecule has 0 aliphatic carbocycles. The number of carbonyl (C=O) groups excluding carboxylic acids is 1. The second-order valence-corrected chi connectivity index (χ2v) is 5.25. The van der Waals surface area contributed by atoms with Crippen molar-refractivity contribution in [2.75, 3.05) is 19.8 Å². The molecule has 0 aromatic heterocycles. The first-order chi connectivity index (χ1) is 11.3. The van der Waals surface area contributed by atoms with Crippen LogP contribution in [0.2, 0.25) is 0 Å². The fourth-order valence-corrected chi connectivity index (χ4v) is 2.35. The Kier molecular flexibility index (Phi) is 7.57. The topological polar surface area (TPSA) is 44.8 Å². The minimum atomic E-state index is -0.340. The molecule has 2 rings (SSSR count). The Morgan fingerprint density at radius 1 is 1.30 bits per heavy atom. The fourth-order valence-electron chi connectivity index (χ4n) is 2.35. The molecular formula is C19H24O4. The summed E-state index contributed by atoms with van der Waals surface area (Å²) in [4.78, 5) is 11.7. The number of hydrogen-bond donors (Lipinski definition) is 0. The highest BCUT2D eigenvalue weighted by Gasteiger charge is 2.12. The average Bonchev–Trinajstić information content (AvgIpc) is 2.59. The summed E-state index contributed by atoms with van der Waals surface area (Å²) >= 11 is 0. The van der Waals surface area contributed by atoms with Gasteiger partial charge < -0.3 is 14.2 Å². The van der Waals surface area contributed by atoms with Crippen LogP contribution in [0.3, 0.4) is 0 Å². The highest BCUT2D eigenvalue weighted by Crippen LogP contribution is 2.17. The standard InChI is InChI=1S/C19H24O4/c1-2-21-18(20)15-17(16-9-4-3-5-10-16)11-8-14-23-19-12-6-7-13-22-19/h3-5,8-11,15,19H,2,6-7,12-14H2,1H3/b11-8+,17-15-. The van der Waals surface area contributed by atoms with Crippen LogP contribution in [0.5, 0.6) is 0 Å². The SMILES string of the molecule is CCOC(=O)/C=C(/C=C/COC1CCCCO1)c1ccccc1. The summed E-state index contributed by atoms with van der Waals surface area (Å²) < 4.78 is 16.2. The molecule has 23 heavy (non-hydrogen) atoms. The second kappa shape index (κ2) is 9.98. The first-order valence-electron chi connectivity index (χ1n) is 8.13. The van der Waals surface area contributed by atoms with Crippen molar-refractivity contribution in [2.24, 2.45) is 0 Å². The van der Waals surface area contributed by atoms with Crippen molar-refractivity contribution in [2.45, 2.75) is 32.5 Å². The number of ether oxygens (including phenoxy) is 3. The predicted octanol–water partition coefficient (Wildman–Crippen LogP) is 3.73. The minimum Gasteiger partial charge on any atom is -0.463 e. The third-order valence-corrected chi connectivity index (χ3v) is 3.48. The zero-order valence-corrected chi connectivity index (χ0v) is 13.6. The van der Waals surface area contributed by atoms with Crippen molar-refractivity contribution in [1.29, 1.82) is 0 Å². The van der Waals surface area contributed by atoms with E-state index in [1.807, 2.05) is 42.5 Å². The molecule has 0 amide bonds. The molecule has 1 aromatic rings. The number of esters is 1. The van der Waals surface area contributed by atoms with Gasteiger partial charge in [-0.2, -0.15) is 0 Å². The molecule has 1 heterocycles. The lowest BCUT2D eigenvalue weighted by Crippen LogP contribution is -2.22. The van der Waals surface area contributed by atoms with Gasteiger partial charge in [-0.1, -0.05) is 42.5 Å². The minimum absolute atomic E-state index is 0.109. The van der Waals surface area contributed by atoms with Crippen molar-refractivity contribution >= 4 is 11.5 Å². The van der Waals surface area contributed by atoms with Crippen LogP contribution in [0.15, 0.2) is 48.6 Å². The predicted molar refractivity (Wildman–Crippen MR) is 89.7 cm³/mol. The molecule has 1 fully saturated rings. The molecule has 0 bridgehead atoms. The van der Waals surface area contributed by atoms with Gasteiger partial charge >= 0.3 is 5.97 Å². The van der Waals surface area contributed by atoms with Crippen molar-refractivity contribution in [1.82, 2.24) is 0 Å². The first-order valence-corrected chi connectivity index (χ1v) is 8.13. The lowest BCUT2D eigenvalue weighted by molar-refractivity contribution is -0.155. The molecule has 1 aromatic carbocycles. The molecule has 4 heteroatoms. The molecule has 1 aliphatic heterocycles. The van der Waals surface area contributed by atoms with E-state index in [2.05, 4.69) is 0 Å². The van der Waals surface area contributed by atoms with Crippen LogP contribution in [0, 0.1) is 0 Å². The summed E-state index contributed by atoms with van der Waals surface area (Å²) in [7, 11) is 0. The maximum absolute atomic E-state index is 11.7. The van der Waals surface area contributed by atoms with Gasteiger partial charge in [-0.15, -0.1) is 0 Å². The zero-order chi connectivity index (χ0) is 16.3. The number of rotatable bonds is 7. The first kappa shape index (κ1) is 17.4. The lowest BCUT2D eigenvalue weighted by Gasteiger charge is -2.21. The summed E-state index contributed by atoms with van der Waals surface area (Å²) in [6.45, 7) is 3.38. The fraction of sp³-hybridized carbons (Fsp3) is 0.421. The Morgan fingerprint density at radius 2 is 2.13 bits per heavy atom. The molecule has 0 radical (unpaired) electrons. The van der Waals surface area contributed by atoms with Gasteiger partial charge in [-0.25, -0.2) is 4.79 Å². The second-order valence-electron chi connectivity index (χ2n) is 5.25. The molecule has 1 unspecified atom stereocenters. The van der Waals surface area contributed by atoms with Gasteiger partial charge in [0.25, 0.3) is 0 Å². The van der Waals surface area contributed by atoms with Crippen LogP contribution < -0.4 is 0 Å². The van der Waals surface area contributed by atoms with Crippen molar-refractivity contribution in [3.05, 3.63) is 54.1 Å².